The zero-order valence-electron chi connectivity index (χ0n) is 18.0. The first-order chi connectivity index (χ1) is 15.0. The van der Waals surface area contributed by atoms with Gasteiger partial charge in [-0.25, -0.2) is 4.79 Å². The maximum absolute atomic E-state index is 12.6. The summed E-state index contributed by atoms with van der Waals surface area (Å²) in [6.45, 7) is 2.41. The molecular formula is C23H30N4O4. The van der Waals surface area contributed by atoms with Gasteiger partial charge in [-0.3, -0.25) is 9.69 Å². The summed E-state index contributed by atoms with van der Waals surface area (Å²) in [5.41, 5.74) is 2.51. The Labute approximate surface area is 182 Å². The van der Waals surface area contributed by atoms with E-state index in [9.17, 15) is 14.7 Å². The van der Waals surface area contributed by atoms with Crippen molar-refractivity contribution < 1.29 is 19.4 Å². The van der Waals surface area contributed by atoms with Gasteiger partial charge in [0.1, 0.15) is 5.75 Å². The van der Waals surface area contributed by atoms with Gasteiger partial charge in [0, 0.05) is 31.9 Å². The molecule has 2 aromatic rings. The Morgan fingerprint density at radius 3 is 2.39 bits per heavy atom. The van der Waals surface area contributed by atoms with E-state index in [1.807, 2.05) is 43.4 Å². The van der Waals surface area contributed by atoms with Gasteiger partial charge >= 0.3 is 6.03 Å². The number of nitrogens with zero attached hydrogens (tertiary/aromatic N) is 2. The molecule has 8 heteroatoms. The minimum atomic E-state index is -0.299. The van der Waals surface area contributed by atoms with Crippen molar-refractivity contribution in [3.8, 4) is 5.75 Å². The lowest BCUT2D eigenvalue weighted by molar-refractivity contribution is -0.133. The Morgan fingerprint density at radius 2 is 1.74 bits per heavy atom. The standard InChI is InChI=1S/C23H30N4O4/c1-26-11-12-27(15-20(26)16-28)22(29)13-17-3-7-19(8-4-17)25-23(30)24-14-18-5-9-21(31-2)10-6-18/h3-10,20,28H,11-16H2,1-2H3,(H2,24,25,30). The highest BCUT2D eigenvalue weighted by atomic mass is 16.5. The van der Waals surface area contributed by atoms with Gasteiger partial charge in [0.25, 0.3) is 0 Å². The highest BCUT2D eigenvalue weighted by Crippen LogP contribution is 2.14. The molecule has 1 atom stereocenters. The Bertz CT molecular complexity index is 870. The molecule has 1 saturated heterocycles. The van der Waals surface area contributed by atoms with E-state index in [4.69, 9.17) is 4.74 Å². The van der Waals surface area contributed by atoms with E-state index < -0.39 is 0 Å². The van der Waals surface area contributed by atoms with Crippen molar-refractivity contribution in [3.63, 3.8) is 0 Å². The van der Waals surface area contributed by atoms with Crippen LogP contribution in [0.4, 0.5) is 10.5 Å². The van der Waals surface area contributed by atoms with E-state index in [1.165, 1.54) is 0 Å². The van der Waals surface area contributed by atoms with E-state index in [-0.39, 0.29) is 24.6 Å². The summed E-state index contributed by atoms with van der Waals surface area (Å²) < 4.78 is 5.12. The third kappa shape index (κ3) is 6.44. The van der Waals surface area contributed by atoms with Crippen LogP contribution in [0.5, 0.6) is 5.75 Å². The number of piperazine rings is 1. The van der Waals surface area contributed by atoms with Crippen molar-refractivity contribution in [2.45, 2.75) is 19.0 Å². The third-order valence-corrected chi connectivity index (χ3v) is 5.52. The van der Waals surface area contributed by atoms with Crippen molar-refractivity contribution in [1.29, 1.82) is 0 Å². The van der Waals surface area contributed by atoms with Gasteiger partial charge in [0.2, 0.25) is 5.91 Å². The average molecular weight is 427 g/mol. The second-order valence-electron chi connectivity index (χ2n) is 7.69. The lowest BCUT2D eigenvalue weighted by Gasteiger charge is -2.38. The lowest BCUT2D eigenvalue weighted by atomic mass is 10.1. The second-order valence-corrected chi connectivity index (χ2v) is 7.69. The molecule has 1 fully saturated rings. The van der Waals surface area contributed by atoms with Crippen LogP contribution in [0.3, 0.4) is 0 Å². The smallest absolute Gasteiger partial charge is 0.319 e. The molecule has 1 heterocycles. The van der Waals surface area contributed by atoms with E-state index >= 15 is 0 Å². The largest absolute Gasteiger partial charge is 0.497 e. The van der Waals surface area contributed by atoms with Crippen molar-refractivity contribution >= 4 is 17.6 Å². The molecule has 166 valence electrons. The number of hydrogen-bond acceptors (Lipinski definition) is 5. The van der Waals surface area contributed by atoms with Gasteiger partial charge in [0.05, 0.1) is 26.2 Å². The highest BCUT2D eigenvalue weighted by molar-refractivity contribution is 5.89. The fourth-order valence-corrected chi connectivity index (χ4v) is 3.46. The SMILES string of the molecule is COc1ccc(CNC(=O)Nc2ccc(CC(=O)N3CCN(C)C(CO)C3)cc2)cc1. The number of carbonyl (C=O) groups excluding carboxylic acids is 2. The van der Waals surface area contributed by atoms with Crippen LogP contribution in [-0.4, -0.2) is 73.3 Å². The summed E-state index contributed by atoms with van der Waals surface area (Å²) >= 11 is 0. The van der Waals surface area contributed by atoms with Crippen LogP contribution in [0.2, 0.25) is 0 Å². The van der Waals surface area contributed by atoms with Gasteiger partial charge in [-0.05, 0) is 42.4 Å². The number of benzene rings is 2. The number of rotatable bonds is 7. The van der Waals surface area contributed by atoms with Crippen LogP contribution >= 0.6 is 0 Å². The molecule has 0 bridgehead atoms. The third-order valence-electron chi connectivity index (χ3n) is 5.52. The van der Waals surface area contributed by atoms with Crippen LogP contribution < -0.4 is 15.4 Å². The number of carbonyl (C=O) groups is 2. The van der Waals surface area contributed by atoms with E-state index in [1.54, 1.807) is 24.1 Å². The number of aliphatic hydroxyl groups excluding tert-OH is 1. The quantitative estimate of drug-likeness (QED) is 0.627. The summed E-state index contributed by atoms with van der Waals surface area (Å²) in [5.74, 6) is 0.817. The molecule has 3 amide bonds. The number of anilines is 1. The normalized spacial score (nSPS) is 16.6. The van der Waals surface area contributed by atoms with Crippen LogP contribution in [0.15, 0.2) is 48.5 Å². The van der Waals surface area contributed by atoms with E-state index in [0.29, 0.717) is 31.7 Å². The van der Waals surface area contributed by atoms with Gasteiger partial charge < -0.3 is 25.4 Å². The first-order valence-corrected chi connectivity index (χ1v) is 10.3. The number of aliphatic hydroxyl groups is 1. The summed E-state index contributed by atoms with van der Waals surface area (Å²) in [6, 6.07) is 14.4. The fourth-order valence-electron chi connectivity index (χ4n) is 3.46. The molecule has 1 unspecified atom stereocenters. The molecule has 8 nitrogen and oxygen atoms in total. The number of methoxy groups -OCH3 is 1. The van der Waals surface area contributed by atoms with Crippen molar-refractivity contribution in [1.82, 2.24) is 15.1 Å². The molecular weight excluding hydrogens is 396 g/mol. The number of likely N-dealkylation sites (N-methyl/N-ethyl adjacent to an activating group) is 1. The summed E-state index contributed by atoms with van der Waals surface area (Å²) in [6.07, 6.45) is 0.297. The van der Waals surface area contributed by atoms with Crippen LogP contribution in [-0.2, 0) is 17.8 Å². The zero-order valence-corrected chi connectivity index (χ0v) is 18.0. The first-order valence-electron chi connectivity index (χ1n) is 10.3. The molecule has 0 aromatic heterocycles. The number of ether oxygens (including phenoxy) is 1. The molecule has 1 aliphatic heterocycles. The number of urea groups is 1. The highest BCUT2D eigenvalue weighted by Gasteiger charge is 2.26. The molecule has 1 aliphatic rings. The monoisotopic (exact) mass is 426 g/mol. The molecule has 3 N–H and O–H groups in total. The van der Waals surface area contributed by atoms with Gasteiger partial charge in [-0.2, -0.15) is 0 Å². The molecule has 2 aromatic carbocycles. The average Bonchev–Trinajstić information content (AvgIpc) is 2.79. The van der Waals surface area contributed by atoms with Crippen molar-refractivity contribution in [3.05, 3.63) is 59.7 Å². The zero-order chi connectivity index (χ0) is 22.2. The fraction of sp³-hybridized carbons (Fsp3) is 0.391. The predicted molar refractivity (Wildman–Crippen MR) is 119 cm³/mol. The summed E-state index contributed by atoms with van der Waals surface area (Å²) in [7, 11) is 3.57. The topological polar surface area (TPSA) is 94.1 Å². The van der Waals surface area contributed by atoms with Gasteiger partial charge in [0.15, 0.2) is 0 Å². The van der Waals surface area contributed by atoms with Gasteiger partial charge in [-0.15, -0.1) is 0 Å². The number of nitrogens with one attached hydrogen (secondary N) is 2. The molecule has 0 aliphatic carbocycles. The molecule has 31 heavy (non-hydrogen) atoms. The van der Waals surface area contributed by atoms with Crippen LogP contribution in [0.1, 0.15) is 11.1 Å². The minimum Gasteiger partial charge on any atom is -0.497 e. The number of hydrogen-bond donors (Lipinski definition) is 3. The Hall–Kier alpha value is -3.10. The lowest BCUT2D eigenvalue weighted by Crippen LogP contribution is -2.54. The Morgan fingerprint density at radius 1 is 1.06 bits per heavy atom. The summed E-state index contributed by atoms with van der Waals surface area (Å²) in [5, 5.41) is 15.1. The minimum absolute atomic E-state index is 0.0132. The van der Waals surface area contributed by atoms with E-state index in [2.05, 4.69) is 15.5 Å². The van der Waals surface area contributed by atoms with E-state index in [0.717, 1.165) is 23.4 Å². The molecule has 3 rings (SSSR count). The first kappa shape index (κ1) is 22.6. The molecule has 0 radical (unpaired) electrons. The molecule has 0 saturated carbocycles. The Balaban J connectivity index is 1.45. The maximum Gasteiger partial charge on any atom is 0.319 e. The van der Waals surface area contributed by atoms with Crippen molar-refractivity contribution in [2.75, 3.05) is 45.7 Å². The Kier molecular flexibility index (Phi) is 7.86. The number of amides is 3. The second kappa shape index (κ2) is 10.8. The predicted octanol–water partition coefficient (Wildman–Crippen LogP) is 1.69. The maximum atomic E-state index is 12.6. The van der Waals surface area contributed by atoms with Crippen molar-refractivity contribution in [2.24, 2.45) is 0 Å². The van der Waals surface area contributed by atoms with Crippen LogP contribution in [0.25, 0.3) is 0 Å². The summed E-state index contributed by atoms with van der Waals surface area (Å²) in [4.78, 5) is 28.6. The van der Waals surface area contributed by atoms with Gasteiger partial charge in [-0.1, -0.05) is 24.3 Å². The van der Waals surface area contributed by atoms with Crippen LogP contribution in [0, 0.1) is 0 Å². The molecule has 0 spiro atoms.